The number of nitrogens with zero attached hydrogens (tertiary/aromatic N) is 3. The first-order chi connectivity index (χ1) is 17.8. The molecule has 0 saturated carbocycles. The van der Waals surface area contributed by atoms with Crippen molar-refractivity contribution in [2.75, 3.05) is 45.3 Å². The van der Waals surface area contributed by atoms with E-state index >= 15 is 0 Å². The number of hydrogen-bond donors (Lipinski definition) is 4. The fourth-order valence-corrected chi connectivity index (χ4v) is 4.46. The topological polar surface area (TPSA) is 123 Å². The quantitative estimate of drug-likeness (QED) is 0.189. The van der Waals surface area contributed by atoms with E-state index in [0.717, 1.165) is 5.52 Å². The number of carbonyl (C=O) groups excluding carboxylic acids is 1. The molecule has 10 nitrogen and oxygen atoms in total. The monoisotopic (exact) mass is 574 g/mol. The Kier molecular flexibility index (Phi) is 10.1. The largest absolute Gasteiger partial charge is 0.573 e. The van der Waals surface area contributed by atoms with Crippen LogP contribution in [-0.4, -0.2) is 71.9 Å². The lowest BCUT2D eigenvalue weighted by Crippen LogP contribution is -2.27. The molecule has 0 atom stereocenters. The number of thiazole rings is 1. The summed E-state index contributed by atoms with van der Waals surface area (Å²) in [4.78, 5) is 21.6. The average Bonchev–Trinajstić information content (AvgIpc) is 3.40. The number of anilines is 2. The molecule has 0 aliphatic heterocycles. The molecule has 2 heterocycles. The van der Waals surface area contributed by atoms with Gasteiger partial charge < -0.3 is 35.1 Å². The molecule has 4 aromatic rings. The van der Waals surface area contributed by atoms with Gasteiger partial charge in [-0.2, -0.15) is 0 Å². The summed E-state index contributed by atoms with van der Waals surface area (Å²) in [5, 5.41) is 18.2. The van der Waals surface area contributed by atoms with Crippen LogP contribution < -0.4 is 20.7 Å². The second-order valence-corrected chi connectivity index (χ2v) is 8.84. The number of nitrogens with one attached hydrogen (secondary N) is 3. The number of halogens is 4. The van der Waals surface area contributed by atoms with Gasteiger partial charge >= 0.3 is 6.36 Å². The van der Waals surface area contributed by atoms with Crippen LogP contribution in [0.15, 0.2) is 36.4 Å². The number of amides is 1. The van der Waals surface area contributed by atoms with Crippen molar-refractivity contribution in [3.63, 3.8) is 0 Å². The highest BCUT2D eigenvalue weighted by Gasteiger charge is 2.31. The fourth-order valence-electron chi connectivity index (χ4n) is 3.57. The van der Waals surface area contributed by atoms with Gasteiger partial charge in [-0.1, -0.05) is 11.3 Å². The first-order valence-electron chi connectivity index (χ1n) is 11.3. The van der Waals surface area contributed by atoms with Crippen molar-refractivity contribution >= 4 is 62.0 Å². The Labute approximate surface area is 225 Å². The van der Waals surface area contributed by atoms with Crippen LogP contribution in [0.25, 0.3) is 21.3 Å². The van der Waals surface area contributed by atoms with E-state index in [4.69, 9.17) is 9.84 Å². The Bertz CT molecular complexity index is 1380. The summed E-state index contributed by atoms with van der Waals surface area (Å²) in [7, 11) is 1.83. The zero-order valence-corrected chi connectivity index (χ0v) is 21.8. The number of carbonyl (C=O) groups is 1. The minimum Gasteiger partial charge on any atom is -0.406 e. The van der Waals surface area contributed by atoms with Crippen molar-refractivity contribution in [3.8, 4) is 5.75 Å². The molecular formula is C23H26ClF3N6O4S. The van der Waals surface area contributed by atoms with E-state index in [2.05, 4.69) is 30.7 Å². The van der Waals surface area contributed by atoms with Crippen LogP contribution in [0.3, 0.4) is 0 Å². The Balaban J connectivity index is 0.00000400. The van der Waals surface area contributed by atoms with Crippen LogP contribution in [-0.2, 0) is 11.3 Å². The Morgan fingerprint density at radius 3 is 2.66 bits per heavy atom. The minimum atomic E-state index is -4.78. The summed E-state index contributed by atoms with van der Waals surface area (Å²) in [5.74, 6) is -0.120. The van der Waals surface area contributed by atoms with Crippen molar-refractivity contribution < 1.29 is 32.5 Å². The van der Waals surface area contributed by atoms with Crippen molar-refractivity contribution in [3.05, 3.63) is 42.0 Å². The number of hydrogen-bond acceptors (Lipinski definition) is 9. The van der Waals surface area contributed by atoms with Gasteiger partial charge in [0.1, 0.15) is 5.75 Å². The second kappa shape index (κ2) is 13.1. The van der Waals surface area contributed by atoms with Crippen molar-refractivity contribution in [1.29, 1.82) is 0 Å². The maximum atomic E-state index is 12.6. The molecule has 0 spiro atoms. The molecule has 0 aliphatic carbocycles. The maximum Gasteiger partial charge on any atom is 0.573 e. The van der Waals surface area contributed by atoms with Crippen LogP contribution in [0.5, 0.6) is 5.75 Å². The van der Waals surface area contributed by atoms with E-state index in [1.165, 1.54) is 29.5 Å². The van der Waals surface area contributed by atoms with Gasteiger partial charge in [-0.15, -0.1) is 25.6 Å². The van der Waals surface area contributed by atoms with E-state index in [1.807, 2.05) is 11.6 Å². The van der Waals surface area contributed by atoms with E-state index in [1.54, 1.807) is 18.2 Å². The maximum absolute atomic E-state index is 12.6. The highest BCUT2D eigenvalue weighted by molar-refractivity contribution is 7.22. The number of alkyl halides is 3. The highest BCUT2D eigenvalue weighted by Crippen LogP contribution is 2.33. The third kappa shape index (κ3) is 7.45. The lowest BCUT2D eigenvalue weighted by atomic mass is 10.2. The van der Waals surface area contributed by atoms with Gasteiger partial charge in [0.2, 0.25) is 5.95 Å². The van der Waals surface area contributed by atoms with Crippen LogP contribution in [0.2, 0.25) is 0 Å². The summed E-state index contributed by atoms with van der Waals surface area (Å²) in [5.41, 5.74) is 2.32. The Morgan fingerprint density at radius 2 is 1.92 bits per heavy atom. The summed E-state index contributed by atoms with van der Waals surface area (Å²) in [6, 6.07) is 9.15. The Hall–Kier alpha value is -3.17. The first-order valence-corrected chi connectivity index (χ1v) is 12.1. The zero-order chi connectivity index (χ0) is 26.4. The molecule has 38 heavy (non-hydrogen) atoms. The van der Waals surface area contributed by atoms with Crippen molar-refractivity contribution in [1.82, 2.24) is 25.2 Å². The molecule has 0 fully saturated rings. The molecule has 0 bridgehead atoms. The number of aliphatic hydroxyl groups is 1. The number of aromatic nitrogens is 3. The predicted octanol–water partition coefficient (Wildman–Crippen LogP) is 3.67. The third-order valence-corrected chi connectivity index (χ3v) is 6.11. The molecule has 0 radical (unpaired) electrons. The molecule has 0 saturated heterocycles. The molecule has 2 aromatic carbocycles. The number of imidazole rings is 1. The zero-order valence-electron chi connectivity index (χ0n) is 20.2. The van der Waals surface area contributed by atoms with E-state index in [9.17, 15) is 18.0 Å². The molecule has 0 aliphatic rings. The van der Waals surface area contributed by atoms with E-state index in [-0.39, 0.29) is 43.9 Å². The van der Waals surface area contributed by atoms with Gasteiger partial charge in [-0.25, -0.2) is 9.97 Å². The van der Waals surface area contributed by atoms with Gasteiger partial charge in [0.15, 0.2) is 5.13 Å². The predicted molar refractivity (Wildman–Crippen MR) is 141 cm³/mol. The normalized spacial score (nSPS) is 11.5. The van der Waals surface area contributed by atoms with E-state index in [0.29, 0.717) is 52.0 Å². The molecule has 1 amide bonds. The number of likely N-dealkylation sites (N-methyl/N-ethyl adjacent to an activating group) is 1. The van der Waals surface area contributed by atoms with Crippen LogP contribution in [0.4, 0.5) is 24.3 Å². The summed E-state index contributed by atoms with van der Waals surface area (Å²) < 4.78 is 49.3. The smallest absolute Gasteiger partial charge is 0.406 e. The summed E-state index contributed by atoms with van der Waals surface area (Å²) >= 11 is 1.17. The SMILES string of the molecule is CNCCn1c(Nc2nc3ccc(OC(F)(F)F)cc3s2)nc2cc(C(=O)NCCOCCO)ccc21.Cl. The van der Waals surface area contributed by atoms with Crippen LogP contribution in [0.1, 0.15) is 10.4 Å². The molecule has 206 valence electrons. The van der Waals surface area contributed by atoms with Crippen LogP contribution in [0, 0.1) is 0 Å². The van der Waals surface area contributed by atoms with Gasteiger partial charge in [-0.3, -0.25) is 4.79 Å². The summed E-state index contributed by atoms with van der Waals surface area (Å²) in [6.45, 7) is 1.92. The highest BCUT2D eigenvalue weighted by atomic mass is 35.5. The second-order valence-electron chi connectivity index (χ2n) is 7.81. The standard InChI is InChI=1S/C23H25F3N6O4S.ClH/c1-27-6-8-32-18-5-2-14(20(34)28-7-10-35-11-9-33)12-17(18)29-21(32)31-22-30-16-4-3-15(13-19(16)37-22)36-23(24,25)26;/h2-5,12-13,27,33H,6-11H2,1H3,(H,28,34)(H,29,30,31);1H. The van der Waals surface area contributed by atoms with Crippen molar-refractivity contribution in [2.24, 2.45) is 0 Å². The van der Waals surface area contributed by atoms with Gasteiger partial charge in [-0.05, 0) is 37.4 Å². The average molecular weight is 575 g/mol. The molecule has 0 unspecified atom stereocenters. The number of benzene rings is 2. The number of ether oxygens (including phenoxy) is 2. The number of aliphatic hydroxyl groups excluding tert-OH is 1. The molecule has 4 N–H and O–H groups in total. The van der Waals surface area contributed by atoms with E-state index < -0.39 is 6.36 Å². The summed E-state index contributed by atoms with van der Waals surface area (Å²) in [6.07, 6.45) is -4.78. The molecule has 4 rings (SSSR count). The molecular weight excluding hydrogens is 549 g/mol. The van der Waals surface area contributed by atoms with Crippen molar-refractivity contribution in [2.45, 2.75) is 12.9 Å². The lowest BCUT2D eigenvalue weighted by Gasteiger charge is -2.09. The fraction of sp³-hybridized carbons (Fsp3) is 0.348. The van der Waals surface area contributed by atoms with Gasteiger partial charge in [0.05, 0.1) is 41.1 Å². The van der Waals surface area contributed by atoms with Crippen LogP contribution >= 0.6 is 23.7 Å². The van der Waals surface area contributed by atoms with Gasteiger partial charge in [0, 0.05) is 31.3 Å². The number of fused-ring (bicyclic) bond motifs is 2. The molecule has 15 heteroatoms. The number of rotatable bonds is 12. The first kappa shape index (κ1) is 29.4. The Morgan fingerprint density at radius 1 is 1.11 bits per heavy atom. The van der Waals surface area contributed by atoms with Gasteiger partial charge in [0.25, 0.3) is 5.91 Å². The molecule has 2 aromatic heterocycles. The minimum absolute atomic E-state index is 0. The third-order valence-electron chi connectivity index (χ3n) is 5.18. The lowest BCUT2D eigenvalue weighted by molar-refractivity contribution is -0.274.